The minimum Gasteiger partial charge on any atom is -0.381 e. The average molecular weight is 326 g/mol. The SMILES string of the molecule is CN(C[C@@H]1C[C@H](F)CN1Cc1cccs1)C(=O)C1CCOC1. The summed E-state index contributed by atoms with van der Waals surface area (Å²) in [5.74, 6) is 0.120. The largest absolute Gasteiger partial charge is 0.381 e. The molecule has 0 bridgehead atoms. The van der Waals surface area contributed by atoms with E-state index in [9.17, 15) is 9.18 Å². The Hall–Kier alpha value is -0.980. The predicted molar refractivity (Wildman–Crippen MR) is 84.6 cm³/mol. The smallest absolute Gasteiger partial charge is 0.227 e. The lowest BCUT2D eigenvalue weighted by Crippen LogP contribution is -2.43. The summed E-state index contributed by atoms with van der Waals surface area (Å²) >= 11 is 1.70. The van der Waals surface area contributed by atoms with Gasteiger partial charge in [0.25, 0.3) is 0 Å². The summed E-state index contributed by atoms with van der Waals surface area (Å²) in [4.78, 5) is 17.6. The molecule has 6 heteroatoms. The number of likely N-dealkylation sites (tertiary alicyclic amines) is 1. The summed E-state index contributed by atoms with van der Waals surface area (Å²) in [6.07, 6.45) is 0.533. The summed E-state index contributed by atoms with van der Waals surface area (Å²) < 4.78 is 19.1. The van der Waals surface area contributed by atoms with Crippen LogP contribution in [-0.4, -0.2) is 61.3 Å². The second-order valence-corrected chi connectivity index (χ2v) is 7.31. The number of hydrogen-bond acceptors (Lipinski definition) is 4. The van der Waals surface area contributed by atoms with E-state index >= 15 is 0 Å². The molecule has 0 aromatic carbocycles. The molecule has 22 heavy (non-hydrogen) atoms. The molecule has 2 fully saturated rings. The number of nitrogens with zero attached hydrogens (tertiary/aromatic N) is 2. The Balaban J connectivity index is 1.58. The second kappa shape index (κ2) is 7.06. The highest BCUT2D eigenvalue weighted by molar-refractivity contribution is 7.09. The zero-order valence-corrected chi connectivity index (χ0v) is 13.7. The molecule has 0 radical (unpaired) electrons. The topological polar surface area (TPSA) is 32.8 Å². The zero-order valence-electron chi connectivity index (χ0n) is 12.9. The fourth-order valence-electron chi connectivity index (χ4n) is 3.36. The Morgan fingerprint density at radius 2 is 2.45 bits per heavy atom. The molecule has 0 N–H and O–H groups in total. The van der Waals surface area contributed by atoms with E-state index in [1.165, 1.54) is 4.88 Å². The van der Waals surface area contributed by atoms with E-state index < -0.39 is 6.17 Å². The number of ether oxygens (including phenoxy) is 1. The maximum atomic E-state index is 13.8. The van der Waals surface area contributed by atoms with Gasteiger partial charge in [-0.05, 0) is 24.3 Å². The van der Waals surface area contributed by atoms with E-state index in [2.05, 4.69) is 11.0 Å². The first-order valence-corrected chi connectivity index (χ1v) is 8.74. The van der Waals surface area contributed by atoms with Crippen LogP contribution in [0.1, 0.15) is 17.7 Å². The van der Waals surface area contributed by atoms with E-state index in [-0.39, 0.29) is 17.9 Å². The Morgan fingerprint density at radius 3 is 3.14 bits per heavy atom. The minimum atomic E-state index is -0.789. The Bertz CT molecular complexity index is 490. The first-order valence-electron chi connectivity index (χ1n) is 7.86. The molecule has 0 aliphatic carbocycles. The van der Waals surface area contributed by atoms with Gasteiger partial charge in [-0.1, -0.05) is 6.07 Å². The Morgan fingerprint density at radius 1 is 1.59 bits per heavy atom. The molecule has 1 aromatic heterocycles. The van der Waals surface area contributed by atoms with Crippen LogP contribution in [0.25, 0.3) is 0 Å². The number of likely N-dealkylation sites (N-methyl/N-ethyl adjacent to an activating group) is 1. The number of hydrogen-bond donors (Lipinski definition) is 0. The normalized spacial score (nSPS) is 29.1. The third kappa shape index (κ3) is 3.67. The summed E-state index contributed by atoms with van der Waals surface area (Å²) in [6, 6.07) is 4.21. The van der Waals surface area contributed by atoms with Gasteiger partial charge >= 0.3 is 0 Å². The molecule has 2 aliphatic rings. The van der Waals surface area contributed by atoms with Gasteiger partial charge < -0.3 is 9.64 Å². The molecule has 0 saturated carbocycles. The maximum Gasteiger partial charge on any atom is 0.227 e. The third-order valence-electron chi connectivity index (χ3n) is 4.56. The van der Waals surface area contributed by atoms with Gasteiger partial charge in [0.05, 0.1) is 12.5 Å². The number of alkyl halides is 1. The molecule has 122 valence electrons. The first-order chi connectivity index (χ1) is 10.6. The summed E-state index contributed by atoms with van der Waals surface area (Å²) in [5.41, 5.74) is 0. The van der Waals surface area contributed by atoms with E-state index in [1.807, 2.05) is 18.5 Å². The molecule has 2 saturated heterocycles. The second-order valence-electron chi connectivity index (χ2n) is 6.27. The standard InChI is InChI=1S/C16H23FN2O2S/c1-18(16(20)12-4-5-21-11-12)9-14-7-13(17)8-19(14)10-15-3-2-6-22-15/h2-3,6,12-14H,4-5,7-11H2,1H3/t12?,13-,14-/m0/s1. The van der Waals surface area contributed by atoms with Gasteiger partial charge in [0, 0.05) is 44.2 Å². The average Bonchev–Trinajstić information content (AvgIpc) is 3.22. The van der Waals surface area contributed by atoms with Gasteiger partial charge in [-0.25, -0.2) is 4.39 Å². The highest BCUT2D eigenvalue weighted by Gasteiger charge is 2.35. The Labute approximate surface area is 134 Å². The van der Waals surface area contributed by atoms with Gasteiger partial charge in [0.15, 0.2) is 0 Å². The molecule has 1 unspecified atom stereocenters. The fourth-order valence-corrected chi connectivity index (χ4v) is 4.09. The lowest BCUT2D eigenvalue weighted by molar-refractivity contribution is -0.134. The lowest BCUT2D eigenvalue weighted by Gasteiger charge is -2.29. The molecule has 4 nitrogen and oxygen atoms in total. The van der Waals surface area contributed by atoms with Crippen molar-refractivity contribution in [1.82, 2.24) is 9.80 Å². The number of carbonyl (C=O) groups excluding carboxylic acids is 1. The summed E-state index contributed by atoms with van der Waals surface area (Å²) in [5, 5.41) is 2.04. The molecule has 0 spiro atoms. The number of amides is 1. The van der Waals surface area contributed by atoms with Crippen molar-refractivity contribution in [3.8, 4) is 0 Å². The van der Waals surface area contributed by atoms with Crippen LogP contribution in [0.15, 0.2) is 17.5 Å². The van der Waals surface area contributed by atoms with Crippen molar-refractivity contribution in [1.29, 1.82) is 0 Å². The molecule has 3 atom stereocenters. The minimum absolute atomic E-state index is 0.0154. The van der Waals surface area contributed by atoms with Crippen LogP contribution in [0.5, 0.6) is 0 Å². The van der Waals surface area contributed by atoms with Crippen LogP contribution < -0.4 is 0 Å². The van der Waals surface area contributed by atoms with Gasteiger partial charge in [0.2, 0.25) is 5.91 Å². The number of thiophene rings is 1. The van der Waals surface area contributed by atoms with Crippen LogP contribution in [0, 0.1) is 5.92 Å². The monoisotopic (exact) mass is 326 g/mol. The van der Waals surface area contributed by atoms with Crippen molar-refractivity contribution in [3.63, 3.8) is 0 Å². The maximum absolute atomic E-state index is 13.8. The molecule has 3 rings (SSSR count). The number of rotatable bonds is 5. The van der Waals surface area contributed by atoms with Crippen molar-refractivity contribution in [2.24, 2.45) is 5.92 Å². The van der Waals surface area contributed by atoms with Crippen molar-refractivity contribution in [3.05, 3.63) is 22.4 Å². The van der Waals surface area contributed by atoms with Crippen LogP contribution in [0.2, 0.25) is 0 Å². The summed E-state index contributed by atoms with van der Waals surface area (Å²) in [7, 11) is 1.83. The molecular formula is C16H23FN2O2S. The van der Waals surface area contributed by atoms with Crippen molar-refractivity contribution < 1.29 is 13.9 Å². The highest BCUT2D eigenvalue weighted by Crippen LogP contribution is 2.25. The Kier molecular flexibility index (Phi) is 5.10. The third-order valence-corrected chi connectivity index (χ3v) is 5.42. The number of carbonyl (C=O) groups is 1. The van der Waals surface area contributed by atoms with E-state index in [4.69, 9.17) is 4.74 Å². The zero-order chi connectivity index (χ0) is 15.5. The number of halogens is 1. The van der Waals surface area contributed by atoms with E-state index in [0.29, 0.717) is 32.7 Å². The molecular weight excluding hydrogens is 303 g/mol. The van der Waals surface area contributed by atoms with Crippen LogP contribution in [0.4, 0.5) is 4.39 Å². The van der Waals surface area contributed by atoms with Gasteiger partial charge in [-0.2, -0.15) is 0 Å². The van der Waals surface area contributed by atoms with Crippen LogP contribution in [-0.2, 0) is 16.1 Å². The first kappa shape index (κ1) is 15.9. The quantitative estimate of drug-likeness (QED) is 0.831. The lowest BCUT2D eigenvalue weighted by atomic mass is 10.1. The molecule has 2 aliphatic heterocycles. The van der Waals surface area contributed by atoms with Gasteiger partial charge in [-0.3, -0.25) is 9.69 Å². The molecule has 3 heterocycles. The van der Waals surface area contributed by atoms with Crippen molar-refractivity contribution >= 4 is 17.2 Å². The van der Waals surface area contributed by atoms with E-state index in [0.717, 1.165) is 13.0 Å². The molecule has 1 amide bonds. The summed E-state index contributed by atoms with van der Waals surface area (Å²) in [6.45, 7) is 3.04. The highest BCUT2D eigenvalue weighted by atomic mass is 32.1. The van der Waals surface area contributed by atoms with Crippen molar-refractivity contribution in [2.75, 3.05) is 33.4 Å². The van der Waals surface area contributed by atoms with Gasteiger partial charge in [-0.15, -0.1) is 11.3 Å². The fraction of sp³-hybridized carbons (Fsp3) is 0.688. The van der Waals surface area contributed by atoms with Crippen LogP contribution >= 0.6 is 11.3 Å². The van der Waals surface area contributed by atoms with Crippen molar-refractivity contribution in [2.45, 2.75) is 31.6 Å². The van der Waals surface area contributed by atoms with Gasteiger partial charge in [0.1, 0.15) is 6.17 Å². The van der Waals surface area contributed by atoms with Crippen LogP contribution in [0.3, 0.4) is 0 Å². The predicted octanol–water partition coefficient (Wildman–Crippen LogP) is 2.16. The molecule has 1 aromatic rings. The van der Waals surface area contributed by atoms with E-state index in [1.54, 1.807) is 16.2 Å².